The van der Waals surface area contributed by atoms with Crippen molar-refractivity contribution in [3.63, 3.8) is 0 Å². The predicted molar refractivity (Wildman–Crippen MR) is 113 cm³/mol. The Bertz CT molecular complexity index is 1020. The van der Waals surface area contributed by atoms with Gasteiger partial charge in [-0.1, -0.05) is 29.4 Å². The molecule has 2 aromatic heterocycles. The Morgan fingerprint density at radius 3 is 2.93 bits per heavy atom. The third-order valence-corrected chi connectivity index (χ3v) is 6.14. The third kappa shape index (κ3) is 4.57. The average Bonchev–Trinajstić information content (AvgIpc) is 3.44. The Kier molecular flexibility index (Phi) is 6.08. The lowest BCUT2D eigenvalue weighted by atomic mass is 10.2. The number of nitrogens with zero attached hydrogens (tertiary/aromatic N) is 3. The van der Waals surface area contributed by atoms with Gasteiger partial charge in [0.1, 0.15) is 0 Å². The summed E-state index contributed by atoms with van der Waals surface area (Å²) in [6, 6.07) is 9.17. The van der Waals surface area contributed by atoms with E-state index in [1.54, 1.807) is 12.1 Å². The Balaban J connectivity index is 1.41. The van der Waals surface area contributed by atoms with E-state index < -0.39 is 0 Å². The van der Waals surface area contributed by atoms with Crippen molar-refractivity contribution in [3.8, 4) is 11.5 Å². The van der Waals surface area contributed by atoms with Gasteiger partial charge in [-0.25, -0.2) is 0 Å². The van der Waals surface area contributed by atoms with Gasteiger partial charge in [0, 0.05) is 40.7 Å². The molecule has 1 atom stereocenters. The van der Waals surface area contributed by atoms with Gasteiger partial charge in [-0.15, -0.1) is 10.2 Å². The van der Waals surface area contributed by atoms with Crippen molar-refractivity contribution >= 4 is 29.1 Å². The minimum Gasteiger partial charge on any atom is -0.411 e. The molecule has 0 saturated carbocycles. The number of thioether (sulfide) groups is 1. The Hall–Kier alpha value is -2.09. The summed E-state index contributed by atoms with van der Waals surface area (Å²) in [6.07, 6.45) is 2.41. The van der Waals surface area contributed by atoms with E-state index in [-0.39, 0.29) is 17.6 Å². The quantitative estimate of drug-likeness (QED) is 0.389. The molecule has 0 N–H and O–H groups in total. The fourth-order valence-corrected chi connectivity index (χ4v) is 4.40. The smallest absolute Gasteiger partial charge is 0.277 e. The summed E-state index contributed by atoms with van der Waals surface area (Å²) in [5.41, 5.74) is 3.55. The van der Waals surface area contributed by atoms with Gasteiger partial charge in [-0.05, 0) is 51.0 Å². The van der Waals surface area contributed by atoms with Crippen molar-refractivity contribution in [1.82, 2.24) is 14.8 Å². The maximum atomic E-state index is 12.8. The number of ether oxygens (including phenoxy) is 1. The van der Waals surface area contributed by atoms with E-state index in [1.807, 2.05) is 32.0 Å². The van der Waals surface area contributed by atoms with Gasteiger partial charge in [0.15, 0.2) is 5.78 Å². The topological polar surface area (TPSA) is 70.2 Å². The van der Waals surface area contributed by atoms with Gasteiger partial charge in [0.25, 0.3) is 5.22 Å². The number of rotatable bonds is 7. The molecule has 3 aromatic rings. The lowest BCUT2D eigenvalue weighted by molar-refractivity contribution is 0.0957. The number of aromatic nitrogens is 3. The Morgan fingerprint density at radius 2 is 2.17 bits per heavy atom. The van der Waals surface area contributed by atoms with Crippen molar-refractivity contribution in [2.45, 2.75) is 44.6 Å². The van der Waals surface area contributed by atoms with Crippen molar-refractivity contribution in [2.75, 3.05) is 12.4 Å². The SMILES string of the molecule is Cc1cc(C(=O)CSc2nnc(-c3cccc(Cl)c3)o2)c(C)n1C[C@@H]1CCCO1. The highest BCUT2D eigenvalue weighted by Crippen LogP contribution is 2.27. The van der Waals surface area contributed by atoms with Crippen LogP contribution in [0.4, 0.5) is 0 Å². The number of hydrogen-bond donors (Lipinski definition) is 0. The lowest BCUT2D eigenvalue weighted by Crippen LogP contribution is -2.17. The van der Waals surface area contributed by atoms with E-state index in [1.165, 1.54) is 11.8 Å². The maximum absolute atomic E-state index is 12.8. The minimum atomic E-state index is 0.0456. The van der Waals surface area contributed by atoms with Crippen LogP contribution in [0, 0.1) is 13.8 Å². The molecule has 4 rings (SSSR count). The van der Waals surface area contributed by atoms with Crippen LogP contribution in [0.1, 0.15) is 34.6 Å². The van der Waals surface area contributed by atoms with Gasteiger partial charge in [-0.2, -0.15) is 0 Å². The number of carbonyl (C=O) groups is 1. The van der Waals surface area contributed by atoms with Gasteiger partial charge in [0.2, 0.25) is 5.89 Å². The first-order valence-electron chi connectivity index (χ1n) is 9.55. The van der Waals surface area contributed by atoms with Gasteiger partial charge in [0.05, 0.1) is 11.9 Å². The molecule has 8 heteroatoms. The average molecular weight is 432 g/mol. The molecule has 6 nitrogen and oxygen atoms in total. The largest absolute Gasteiger partial charge is 0.411 e. The third-order valence-electron chi connectivity index (χ3n) is 5.09. The van der Waals surface area contributed by atoms with E-state index in [2.05, 4.69) is 14.8 Å². The molecule has 0 spiro atoms. The number of hydrogen-bond acceptors (Lipinski definition) is 6. The standard InChI is InChI=1S/C21H22ClN3O3S/c1-13-9-18(14(2)25(13)11-17-7-4-8-27-17)19(26)12-29-21-24-23-20(28-21)15-5-3-6-16(22)10-15/h3,5-6,9-10,17H,4,7-8,11-12H2,1-2H3/t17-/m0/s1. The van der Waals surface area contributed by atoms with E-state index in [9.17, 15) is 4.79 Å². The molecule has 1 aliphatic heterocycles. The first kappa shape index (κ1) is 20.2. The molecule has 3 heterocycles. The predicted octanol–water partition coefficient (Wildman–Crippen LogP) is 4.96. The van der Waals surface area contributed by atoms with Crippen LogP contribution in [0.3, 0.4) is 0 Å². The molecule has 0 aliphatic carbocycles. The second-order valence-electron chi connectivity index (χ2n) is 7.13. The van der Waals surface area contributed by atoms with Crippen molar-refractivity contribution in [1.29, 1.82) is 0 Å². The zero-order valence-electron chi connectivity index (χ0n) is 16.4. The van der Waals surface area contributed by atoms with Gasteiger partial charge < -0.3 is 13.7 Å². The fourth-order valence-electron chi connectivity index (χ4n) is 3.57. The highest BCUT2D eigenvalue weighted by Gasteiger charge is 2.21. The Labute approximate surface area is 178 Å². The van der Waals surface area contributed by atoms with Crippen LogP contribution in [0.15, 0.2) is 40.0 Å². The van der Waals surface area contributed by atoms with Gasteiger partial charge >= 0.3 is 0 Å². The molecule has 0 amide bonds. The van der Waals surface area contributed by atoms with Crippen LogP contribution in [-0.2, 0) is 11.3 Å². The number of carbonyl (C=O) groups excluding carboxylic acids is 1. The number of Topliss-reactive ketones (excluding diaryl/α,β-unsaturated/α-hetero) is 1. The van der Waals surface area contributed by atoms with Gasteiger partial charge in [-0.3, -0.25) is 4.79 Å². The molecular formula is C21H22ClN3O3S. The molecule has 29 heavy (non-hydrogen) atoms. The maximum Gasteiger partial charge on any atom is 0.277 e. The van der Waals surface area contributed by atoms with Crippen LogP contribution < -0.4 is 0 Å². The second-order valence-corrected chi connectivity index (χ2v) is 8.49. The summed E-state index contributed by atoms with van der Waals surface area (Å²) in [5.74, 6) is 0.669. The monoisotopic (exact) mass is 431 g/mol. The first-order chi connectivity index (χ1) is 14.0. The van der Waals surface area contributed by atoms with Crippen LogP contribution >= 0.6 is 23.4 Å². The minimum absolute atomic E-state index is 0.0456. The number of halogens is 1. The fraction of sp³-hybridized carbons (Fsp3) is 0.381. The first-order valence-corrected chi connectivity index (χ1v) is 10.9. The molecule has 0 bridgehead atoms. The highest BCUT2D eigenvalue weighted by atomic mass is 35.5. The molecule has 0 unspecified atom stereocenters. The number of aryl methyl sites for hydroxylation is 1. The van der Waals surface area contributed by atoms with Crippen molar-refractivity contribution in [2.24, 2.45) is 0 Å². The van der Waals surface area contributed by atoms with E-state index in [0.717, 1.165) is 48.5 Å². The molecule has 1 saturated heterocycles. The second kappa shape index (κ2) is 8.73. The highest BCUT2D eigenvalue weighted by molar-refractivity contribution is 7.99. The van der Waals surface area contributed by atoms with Crippen LogP contribution in [0.2, 0.25) is 5.02 Å². The lowest BCUT2D eigenvalue weighted by Gasteiger charge is -2.14. The molecule has 1 aliphatic rings. The number of ketones is 1. The summed E-state index contributed by atoms with van der Waals surface area (Å²) in [5, 5.41) is 9.04. The summed E-state index contributed by atoms with van der Waals surface area (Å²) in [6.45, 7) is 5.64. The summed E-state index contributed by atoms with van der Waals surface area (Å²) >= 11 is 7.25. The van der Waals surface area contributed by atoms with E-state index in [4.69, 9.17) is 20.8 Å². The van der Waals surface area contributed by atoms with Crippen LogP contribution in [-0.4, -0.2) is 39.0 Å². The summed E-state index contributed by atoms with van der Waals surface area (Å²) in [7, 11) is 0. The Morgan fingerprint density at radius 1 is 1.31 bits per heavy atom. The van der Waals surface area contributed by atoms with Crippen LogP contribution in [0.25, 0.3) is 11.5 Å². The summed E-state index contributed by atoms with van der Waals surface area (Å²) in [4.78, 5) is 12.8. The molecule has 1 fully saturated rings. The molecule has 0 radical (unpaired) electrons. The van der Waals surface area contributed by atoms with Crippen LogP contribution in [0.5, 0.6) is 0 Å². The van der Waals surface area contributed by atoms with E-state index >= 15 is 0 Å². The molecule has 1 aromatic carbocycles. The number of benzene rings is 1. The normalized spacial score (nSPS) is 16.4. The summed E-state index contributed by atoms with van der Waals surface area (Å²) < 4.78 is 13.6. The van der Waals surface area contributed by atoms with Crippen molar-refractivity contribution < 1.29 is 13.9 Å². The van der Waals surface area contributed by atoms with E-state index in [0.29, 0.717) is 16.1 Å². The zero-order chi connectivity index (χ0) is 20.4. The molecule has 152 valence electrons. The zero-order valence-corrected chi connectivity index (χ0v) is 17.9. The van der Waals surface area contributed by atoms with Crippen molar-refractivity contribution in [3.05, 3.63) is 52.3 Å². The molecular weight excluding hydrogens is 410 g/mol.